The Morgan fingerprint density at radius 3 is 2.80 bits per heavy atom. The van der Waals surface area contributed by atoms with Crippen LogP contribution in [0.2, 0.25) is 0 Å². The molecule has 5 nitrogen and oxygen atoms in total. The summed E-state index contributed by atoms with van der Waals surface area (Å²) in [7, 11) is 0. The summed E-state index contributed by atoms with van der Waals surface area (Å²) < 4.78 is 5.77. The molecular weight excluding hydrogens is 314 g/mol. The maximum atomic E-state index is 12.3. The summed E-state index contributed by atoms with van der Waals surface area (Å²) in [5, 5.41) is 3.07. The predicted molar refractivity (Wildman–Crippen MR) is 97.3 cm³/mol. The summed E-state index contributed by atoms with van der Waals surface area (Å²) in [5.41, 5.74) is 2.10. The van der Waals surface area contributed by atoms with Gasteiger partial charge in [0.1, 0.15) is 12.4 Å². The fourth-order valence-electron chi connectivity index (χ4n) is 2.98. The Kier molecular flexibility index (Phi) is 5.53. The van der Waals surface area contributed by atoms with Gasteiger partial charge in [0, 0.05) is 31.0 Å². The molecule has 0 aliphatic carbocycles. The first kappa shape index (κ1) is 17.3. The highest BCUT2D eigenvalue weighted by Gasteiger charge is 2.24. The third-order valence-corrected chi connectivity index (χ3v) is 4.56. The van der Waals surface area contributed by atoms with E-state index in [-0.39, 0.29) is 12.1 Å². The Balaban J connectivity index is 1.51. The number of nitrogens with zero attached hydrogens (tertiary/aromatic N) is 2. The van der Waals surface area contributed by atoms with Crippen LogP contribution < -0.4 is 10.1 Å². The first-order valence-electron chi connectivity index (χ1n) is 8.79. The van der Waals surface area contributed by atoms with Crippen LogP contribution in [-0.2, 0) is 6.61 Å². The zero-order chi connectivity index (χ0) is 17.6. The van der Waals surface area contributed by atoms with Crippen molar-refractivity contribution in [3.63, 3.8) is 0 Å². The van der Waals surface area contributed by atoms with Crippen LogP contribution in [0.3, 0.4) is 0 Å². The van der Waals surface area contributed by atoms with Gasteiger partial charge in [-0.25, -0.2) is 4.79 Å². The average Bonchev–Trinajstić information content (AvgIpc) is 3.08. The fourth-order valence-corrected chi connectivity index (χ4v) is 2.98. The molecule has 1 aromatic heterocycles. The normalized spacial score (nSPS) is 18.0. The second-order valence-corrected chi connectivity index (χ2v) is 6.73. The molecule has 0 bridgehead atoms. The van der Waals surface area contributed by atoms with Gasteiger partial charge in [-0.2, -0.15) is 0 Å². The van der Waals surface area contributed by atoms with E-state index in [9.17, 15) is 4.79 Å². The first-order valence-corrected chi connectivity index (χ1v) is 8.79. The van der Waals surface area contributed by atoms with Gasteiger partial charge < -0.3 is 15.0 Å². The predicted octanol–water partition coefficient (Wildman–Crippen LogP) is 3.77. The van der Waals surface area contributed by atoms with E-state index < -0.39 is 0 Å². The van der Waals surface area contributed by atoms with Gasteiger partial charge in [-0.1, -0.05) is 25.1 Å². The number of carbonyl (C=O) groups excluding carboxylic acids is 1. The highest BCUT2D eigenvalue weighted by atomic mass is 16.5. The van der Waals surface area contributed by atoms with Crippen LogP contribution >= 0.6 is 0 Å². The fraction of sp³-hybridized carbons (Fsp3) is 0.400. The molecule has 2 unspecified atom stereocenters. The molecule has 0 spiro atoms. The van der Waals surface area contributed by atoms with Crippen molar-refractivity contribution in [3.05, 3.63) is 59.9 Å². The van der Waals surface area contributed by atoms with E-state index in [1.807, 2.05) is 48.2 Å². The zero-order valence-electron chi connectivity index (χ0n) is 14.8. The Bertz CT molecular complexity index is 688. The maximum absolute atomic E-state index is 12.3. The molecule has 1 fully saturated rings. The number of likely N-dealkylation sites (tertiary alicyclic amines) is 1. The number of rotatable bonds is 5. The lowest BCUT2D eigenvalue weighted by atomic mass is 10.1. The van der Waals surface area contributed by atoms with Crippen molar-refractivity contribution in [2.45, 2.75) is 32.9 Å². The van der Waals surface area contributed by atoms with E-state index in [0.717, 1.165) is 36.4 Å². The van der Waals surface area contributed by atoms with Crippen LogP contribution in [0.25, 0.3) is 0 Å². The van der Waals surface area contributed by atoms with E-state index in [1.54, 1.807) is 12.4 Å². The van der Waals surface area contributed by atoms with E-state index in [1.165, 1.54) is 0 Å². The van der Waals surface area contributed by atoms with Crippen molar-refractivity contribution in [1.29, 1.82) is 0 Å². The molecule has 25 heavy (non-hydrogen) atoms. The quantitative estimate of drug-likeness (QED) is 0.902. The van der Waals surface area contributed by atoms with Crippen molar-refractivity contribution in [2.24, 2.45) is 5.92 Å². The van der Waals surface area contributed by atoms with Gasteiger partial charge in [0.15, 0.2) is 0 Å². The number of hydrogen-bond donors (Lipinski definition) is 1. The SMILES string of the molecule is CC1CCN(C(=O)NC(C)c2ccc(OCc3cccnc3)cc2)C1. The number of aromatic nitrogens is 1. The largest absolute Gasteiger partial charge is 0.489 e. The first-order chi connectivity index (χ1) is 12.1. The Morgan fingerprint density at radius 1 is 1.36 bits per heavy atom. The number of urea groups is 1. The summed E-state index contributed by atoms with van der Waals surface area (Å²) >= 11 is 0. The summed E-state index contributed by atoms with van der Waals surface area (Å²) in [6.07, 6.45) is 4.63. The monoisotopic (exact) mass is 339 g/mol. The second kappa shape index (κ2) is 8.01. The topological polar surface area (TPSA) is 54.5 Å². The van der Waals surface area contributed by atoms with E-state index in [2.05, 4.69) is 17.2 Å². The minimum absolute atomic E-state index is 0.0220. The Labute approximate surface area is 149 Å². The minimum Gasteiger partial charge on any atom is -0.489 e. The average molecular weight is 339 g/mol. The number of amides is 2. The summed E-state index contributed by atoms with van der Waals surface area (Å²) in [6.45, 7) is 6.37. The Hall–Kier alpha value is -2.56. The lowest BCUT2D eigenvalue weighted by Crippen LogP contribution is -2.39. The molecule has 2 amide bonds. The summed E-state index contributed by atoms with van der Waals surface area (Å²) in [6, 6.07) is 11.7. The minimum atomic E-state index is -0.0317. The molecule has 2 aromatic rings. The molecule has 3 rings (SSSR count). The standard InChI is InChI=1S/C20H25N3O2/c1-15-9-11-23(13-15)20(24)22-16(2)18-5-7-19(8-6-18)25-14-17-4-3-10-21-12-17/h3-8,10,12,15-16H,9,11,13-14H2,1-2H3,(H,22,24). The van der Waals surface area contributed by atoms with E-state index in [0.29, 0.717) is 12.5 Å². The molecule has 1 aliphatic rings. The van der Waals surface area contributed by atoms with Gasteiger partial charge in [0.25, 0.3) is 0 Å². The van der Waals surface area contributed by atoms with Crippen molar-refractivity contribution >= 4 is 6.03 Å². The van der Waals surface area contributed by atoms with E-state index in [4.69, 9.17) is 4.74 Å². The number of ether oxygens (including phenoxy) is 1. The smallest absolute Gasteiger partial charge is 0.317 e. The van der Waals surface area contributed by atoms with Crippen LogP contribution in [0, 0.1) is 5.92 Å². The molecule has 1 saturated heterocycles. The van der Waals surface area contributed by atoms with Crippen LogP contribution in [-0.4, -0.2) is 29.0 Å². The Morgan fingerprint density at radius 2 is 2.16 bits per heavy atom. The van der Waals surface area contributed by atoms with E-state index >= 15 is 0 Å². The molecule has 1 N–H and O–H groups in total. The molecule has 2 atom stereocenters. The molecule has 1 aromatic carbocycles. The van der Waals surface area contributed by atoms with Gasteiger partial charge in [-0.05, 0) is 43.0 Å². The zero-order valence-corrected chi connectivity index (χ0v) is 14.8. The summed E-state index contributed by atoms with van der Waals surface area (Å²) in [5.74, 6) is 1.40. The van der Waals surface area contributed by atoms with Crippen LogP contribution in [0.15, 0.2) is 48.8 Å². The summed E-state index contributed by atoms with van der Waals surface area (Å²) in [4.78, 5) is 18.3. The third kappa shape index (κ3) is 4.72. The maximum Gasteiger partial charge on any atom is 0.317 e. The number of carbonyl (C=O) groups is 1. The number of hydrogen-bond acceptors (Lipinski definition) is 3. The highest BCUT2D eigenvalue weighted by molar-refractivity contribution is 5.75. The third-order valence-electron chi connectivity index (χ3n) is 4.56. The lowest BCUT2D eigenvalue weighted by Gasteiger charge is -2.21. The highest BCUT2D eigenvalue weighted by Crippen LogP contribution is 2.20. The second-order valence-electron chi connectivity index (χ2n) is 6.73. The molecule has 5 heteroatoms. The van der Waals surface area contributed by atoms with Gasteiger partial charge in [-0.15, -0.1) is 0 Å². The lowest BCUT2D eigenvalue weighted by molar-refractivity contribution is 0.204. The number of benzene rings is 1. The molecule has 1 aliphatic heterocycles. The van der Waals surface area contributed by atoms with Gasteiger partial charge in [0.05, 0.1) is 6.04 Å². The van der Waals surface area contributed by atoms with Crippen LogP contribution in [0.5, 0.6) is 5.75 Å². The molecular formula is C20H25N3O2. The number of pyridine rings is 1. The van der Waals surface area contributed by atoms with Crippen molar-refractivity contribution in [3.8, 4) is 5.75 Å². The molecule has 0 saturated carbocycles. The molecule has 0 radical (unpaired) electrons. The van der Waals surface area contributed by atoms with Crippen molar-refractivity contribution in [1.82, 2.24) is 15.2 Å². The molecule has 132 valence electrons. The van der Waals surface area contributed by atoms with Crippen LogP contribution in [0.1, 0.15) is 37.4 Å². The van der Waals surface area contributed by atoms with Gasteiger partial charge in [-0.3, -0.25) is 4.98 Å². The van der Waals surface area contributed by atoms with Crippen molar-refractivity contribution < 1.29 is 9.53 Å². The molecule has 2 heterocycles. The van der Waals surface area contributed by atoms with Gasteiger partial charge >= 0.3 is 6.03 Å². The van der Waals surface area contributed by atoms with Gasteiger partial charge in [0.2, 0.25) is 0 Å². The number of nitrogens with one attached hydrogen (secondary N) is 1. The van der Waals surface area contributed by atoms with Crippen molar-refractivity contribution in [2.75, 3.05) is 13.1 Å². The van der Waals surface area contributed by atoms with Crippen LogP contribution in [0.4, 0.5) is 4.79 Å².